The number of carbonyl (C=O) groups is 3. The SMILES string of the molecule is NCCCc1cc2nc(c1)CN(CC(=O)[O-])CCN(CC(=O)[O-])CCN(CC(=O)[O-])C2.[Tm]. The maximum atomic E-state index is 11.2. The number of fused-ring (bicyclic) bond motifs is 2. The van der Waals surface area contributed by atoms with Crippen LogP contribution in [0.15, 0.2) is 12.1 Å². The number of pyridine rings is 1. The minimum Gasteiger partial charge on any atom is -0.549 e. The average Bonchev–Trinajstić information content (AvgIpc) is 2.66. The molecule has 0 fully saturated rings. The zero-order chi connectivity index (χ0) is 22.8. The number of aryl methyl sites for hydroxylation is 1. The Kier molecular flexibility index (Phi) is 13.2. The van der Waals surface area contributed by atoms with E-state index in [1.165, 1.54) is 0 Å². The van der Waals surface area contributed by atoms with Crippen molar-refractivity contribution in [3.63, 3.8) is 0 Å². The summed E-state index contributed by atoms with van der Waals surface area (Å²) < 4.78 is 0. The Hall–Kier alpha value is -1.37. The fraction of sp³-hybridized carbons (Fsp3) is 0.600. The van der Waals surface area contributed by atoms with E-state index < -0.39 is 17.9 Å². The minimum atomic E-state index is -1.26. The number of nitrogens with two attached hydrogens (primary N) is 1. The summed E-state index contributed by atoms with van der Waals surface area (Å²) in [6, 6.07) is 3.77. The van der Waals surface area contributed by atoms with Crippen molar-refractivity contribution < 1.29 is 66.6 Å². The summed E-state index contributed by atoms with van der Waals surface area (Å²) in [7, 11) is 0. The molecule has 2 bridgehead atoms. The van der Waals surface area contributed by atoms with Gasteiger partial charge >= 0.3 is 0 Å². The maximum Gasteiger partial charge on any atom is 0.0555 e. The molecular formula is C20H28N5O6Tm-3. The molecule has 1 aromatic heterocycles. The summed E-state index contributed by atoms with van der Waals surface area (Å²) in [5, 5.41) is 33.5. The summed E-state index contributed by atoms with van der Waals surface area (Å²) in [5.74, 6) is -3.74. The Morgan fingerprint density at radius 3 is 1.62 bits per heavy atom. The molecule has 2 N–H and O–H groups in total. The molecule has 2 rings (SSSR count). The molecule has 0 spiro atoms. The van der Waals surface area contributed by atoms with Gasteiger partial charge in [0.2, 0.25) is 0 Å². The zero-order valence-electron chi connectivity index (χ0n) is 17.7. The quantitative estimate of drug-likeness (QED) is 0.287. The van der Waals surface area contributed by atoms with E-state index in [0.717, 1.165) is 18.4 Å². The van der Waals surface area contributed by atoms with Crippen LogP contribution < -0.4 is 21.1 Å². The predicted molar refractivity (Wildman–Crippen MR) is 104 cm³/mol. The molecule has 32 heavy (non-hydrogen) atoms. The van der Waals surface area contributed by atoms with E-state index >= 15 is 0 Å². The molecule has 0 saturated carbocycles. The van der Waals surface area contributed by atoms with E-state index in [-0.39, 0.29) is 95.8 Å². The van der Waals surface area contributed by atoms with E-state index in [9.17, 15) is 29.7 Å². The van der Waals surface area contributed by atoms with Gasteiger partial charge in [0.25, 0.3) is 0 Å². The Labute approximate surface area is 216 Å². The van der Waals surface area contributed by atoms with Crippen LogP contribution in [0.2, 0.25) is 0 Å². The number of carboxylic acids is 3. The zero-order valence-corrected chi connectivity index (χ0v) is 19.5. The average molecular weight is 603 g/mol. The Bertz CT molecular complexity index is 733. The maximum absolute atomic E-state index is 11.2. The van der Waals surface area contributed by atoms with Gasteiger partial charge in [-0.2, -0.15) is 0 Å². The van der Waals surface area contributed by atoms with Crippen LogP contribution in [0.3, 0.4) is 0 Å². The molecule has 0 unspecified atom stereocenters. The fourth-order valence-electron chi connectivity index (χ4n) is 3.60. The smallest absolute Gasteiger partial charge is 0.0555 e. The molecule has 11 nitrogen and oxygen atoms in total. The predicted octanol–water partition coefficient (Wildman–Crippen LogP) is -4.86. The second-order valence-corrected chi connectivity index (χ2v) is 7.66. The first kappa shape index (κ1) is 28.7. The van der Waals surface area contributed by atoms with Gasteiger partial charge in [-0.25, -0.2) is 0 Å². The summed E-state index contributed by atoms with van der Waals surface area (Å²) in [4.78, 5) is 43.0. The van der Waals surface area contributed by atoms with E-state index in [2.05, 4.69) is 4.98 Å². The molecule has 0 aromatic carbocycles. The van der Waals surface area contributed by atoms with Crippen molar-refractivity contribution in [3.8, 4) is 0 Å². The van der Waals surface area contributed by atoms with Gasteiger partial charge in [-0.1, -0.05) is 0 Å². The number of carboxylic acid groups (broad SMARTS) is 3. The molecule has 1 aromatic rings. The molecule has 0 atom stereocenters. The minimum absolute atomic E-state index is 0. The third-order valence-electron chi connectivity index (χ3n) is 4.96. The van der Waals surface area contributed by atoms with E-state index in [1.807, 2.05) is 12.1 Å². The molecule has 0 amide bonds. The molecule has 12 heteroatoms. The largest absolute Gasteiger partial charge is 0.549 e. The van der Waals surface area contributed by atoms with Crippen molar-refractivity contribution in [2.75, 3.05) is 52.4 Å². The molecule has 2 heterocycles. The standard InChI is InChI=1S/C20H31N5O6.Tm/c21-3-1-2-15-8-16-10-24(13-19(28)29)6-4-23(12-18(26)27)5-7-25(14-20(30)31)11-17(9-15)22-16;/h8-9H,1-7,10-14,21H2,(H,26,27)(H,28,29)(H,30,31);/p-3. The van der Waals surface area contributed by atoms with Crippen LogP contribution in [0.1, 0.15) is 23.4 Å². The van der Waals surface area contributed by atoms with Crippen molar-refractivity contribution in [1.29, 1.82) is 0 Å². The van der Waals surface area contributed by atoms with Gasteiger partial charge in [-0.15, -0.1) is 0 Å². The van der Waals surface area contributed by atoms with Crippen molar-refractivity contribution in [3.05, 3.63) is 29.1 Å². The number of rotatable bonds is 9. The summed E-state index contributed by atoms with van der Waals surface area (Å²) >= 11 is 0. The van der Waals surface area contributed by atoms with Crippen LogP contribution in [-0.2, 0) is 33.9 Å². The molecular weight excluding hydrogens is 575 g/mol. The molecule has 185 valence electrons. The molecule has 0 saturated heterocycles. The summed E-state index contributed by atoms with van der Waals surface area (Å²) in [5.41, 5.74) is 7.89. The number of carbonyl (C=O) groups excluding carboxylic acids is 3. The monoisotopic (exact) mass is 603 g/mol. The normalized spacial score (nSPS) is 16.4. The number of aliphatic carboxylic acids is 3. The van der Waals surface area contributed by atoms with Gasteiger partial charge in [0, 0.05) is 95.8 Å². The molecule has 0 aliphatic carbocycles. The van der Waals surface area contributed by atoms with Crippen LogP contribution >= 0.6 is 0 Å². The van der Waals surface area contributed by atoms with Crippen LogP contribution in [0.25, 0.3) is 0 Å². The van der Waals surface area contributed by atoms with Gasteiger partial charge < -0.3 is 35.4 Å². The van der Waals surface area contributed by atoms with Crippen LogP contribution in [0.4, 0.5) is 0 Å². The second-order valence-electron chi connectivity index (χ2n) is 7.66. The molecule has 1 aliphatic heterocycles. The van der Waals surface area contributed by atoms with E-state index in [0.29, 0.717) is 17.9 Å². The van der Waals surface area contributed by atoms with Gasteiger partial charge in [0.1, 0.15) is 0 Å². The molecule has 1 radical (unpaired) electrons. The van der Waals surface area contributed by atoms with Crippen molar-refractivity contribution in [2.45, 2.75) is 25.9 Å². The van der Waals surface area contributed by atoms with Crippen molar-refractivity contribution in [1.82, 2.24) is 19.7 Å². The Morgan fingerprint density at radius 2 is 1.22 bits per heavy atom. The van der Waals surface area contributed by atoms with Gasteiger partial charge in [-0.3, -0.25) is 19.7 Å². The van der Waals surface area contributed by atoms with Crippen molar-refractivity contribution in [2.24, 2.45) is 5.73 Å². The number of hydrogen-bond donors (Lipinski definition) is 1. The number of aromatic nitrogens is 1. The van der Waals surface area contributed by atoms with Crippen LogP contribution in [0.5, 0.6) is 0 Å². The van der Waals surface area contributed by atoms with Gasteiger partial charge in [0.15, 0.2) is 0 Å². The number of nitrogens with zero attached hydrogens (tertiary/aromatic N) is 4. The van der Waals surface area contributed by atoms with Gasteiger partial charge in [0.05, 0.1) is 29.3 Å². The van der Waals surface area contributed by atoms with Crippen molar-refractivity contribution >= 4 is 17.9 Å². The fourth-order valence-corrected chi connectivity index (χ4v) is 3.60. The topological polar surface area (TPSA) is 169 Å². The molecule has 1 aliphatic rings. The number of hydrogen-bond acceptors (Lipinski definition) is 11. The van der Waals surface area contributed by atoms with Crippen LogP contribution in [0, 0.1) is 36.9 Å². The third-order valence-corrected chi connectivity index (χ3v) is 4.96. The Morgan fingerprint density at radius 1 is 0.812 bits per heavy atom. The van der Waals surface area contributed by atoms with E-state index in [1.54, 1.807) is 14.7 Å². The van der Waals surface area contributed by atoms with Crippen LogP contribution in [-0.4, -0.2) is 89.9 Å². The first-order chi connectivity index (χ1) is 14.7. The first-order valence-electron chi connectivity index (χ1n) is 10.2. The summed E-state index contributed by atoms with van der Waals surface area (Å²) in [6.07, 6.45) is 1.49. The first-order valence-corrected chi connectivity index (χ1v) is 10.2. The Balaban J connectivity index is 0.00000512. The van der Waals surface area contributed by atoms with E-state index in [4.69, 9.17) is 5.73 Å². The third kappa shape index (κ3) is 11.0. The summed E-state index contributed by atoms with van der Waals surface area (Å²) in [6.45, 7) is 1.08. The van der Waals surface area contributed by atoms with Gasteiger partial charge in [-0.05, 0) is 37.1 Å². The second kappa shape index (κ2) is 14.7.